The van der Waals surface area contributed by atoms with Crippen LogP contribution in [0, 0.1) is 0 Å². The minimum Gasteiger partial charge on any atom is -0.415 e. The number of amides is 1. The summed E-state index contributed by atoms with van der Waals surface area (Å²) in [5.41, 5.74) is 0.690. The fourth-order valence-corrected chi connectivity index (χ4v) is 2.42. The summed E-state index contributed by atoms with van der Waals surface area (Å²) in [4.78, 5) is 11.8. The van der Waals surface area contributed by atoms with Crippen LogP contribution in [-0.2, 0) is 4.43 Å². The van der Waals surface area contributed by atoms with Crippen molar-refractivity contribution in [1.29, 1.82) is 0 Å². The van der Waals surface area contributed by atoms with E-state index in [1.807, 2.05) is 30.3 Å². The summed E-state index contributed by atoms with van der Waals surface area (Å²) in [6, 6.07) is 9.24. The molecule has 1 amide bonds. The molecule has 3 nitrogen and oxygen atoms in total. The minimum absolute atomic E-state index is 0.0422. The average Bonchev–Trinajstić information content (AvgIpc) is 2.34. The zero-order valence-electron chi connectivity index (χ0n) is 12.6. The molecule has 1 aromatic rings. The van der Waals surface area contributed by atoms with Crippen LogP contribution in [0.15, 0.2) is 30.3 Å². The Morgan fingerprint density at radius 3 is 2.32 bits per heavy atom. The molecular formula is C15H25NO2Si. The molecule has 19 heavy (non-hydrogen) atoms. The zero-order chi connectivity index (χ0) is 14.5. The van der Waals surface area contributed by atoms with Crippen LogP contribution in [0.2, 0.25) is 18.1 Å². The van der Waals surface area contributed by atoms with Crippen LogP contribution in [0.1, 0.15) is 31.1 Å². The van der Waals surface area contributed by atoms with Crippen molar-refractivity contribution in [3.8, 4) is 0 Å². The topological polar surface area (TPSA) is 38.3 Å². The Morgan fingerprint density at radius 2 is 1.79 bits per heavy atom. The molecule has 0 atom stereocenters. The fraction of sp³-hybridized carbons (Fsp3) is 0.533. The van der Waals surface area contributed by atoms with Crippen LogP contribution in [0.3, 0.4) is 0 Å². The third-order valence-corrected chi connectivity index (χ3v) is 8.23. The Hall–Kier alpha value is -1.13. The fourth-order valence-electron chi connectivity index (χ4n) is 1.38. The maximum Gasteiger partial charge on any atom is 0.251 e. The molecule has 0 bridgehead atoms. The first kappa shape index (κ1) is 15.9. The van der Waals surface area contributed by atoms with E-state index in [0.717, 1.165) is 0 Å². The predicted molar refractivity (Wildman–Crippen MR) is 81.9 cm³/mol. The molecule has 1 N–H and O–H groups in total. The Morgan fingerprint density at radius 1 is 1.21 bits per heavy atom. The summed E-state index contributed by atoms with van der Waals surface area (Å²) in [6.45, 7) is 12.2. The van der Waals surface area contributed by atoms with Crippen molar-refractivity contribution in [3.63, 3.8) is 0 Å². The van der Waals surface area contributed by atoms with Crippen LogP contribution in [-0.4, -0.2) is 27.4 Å². The standard InChI is InChI=1S/C15H25NO2Si/c1-15(2,3)19(4,5)18-12-11-16-14(17)13-9-7-6-8-10-13/h6-10H,11-12H2,1-5H3,(H,16,17). The molecule has 0 spiro atoms. The maximum atomic E-state index is 11.8. The van der Waals surface area contributed by atoms with Gasteiger partial charge in [0.25, 0.3) is 5.91 Å². The summed E-state index contributed by atoms with van der Waals surface area (Å²) >= 11 is 0. The number of nitrogens with one attached hydrogen (secondary N) is 1. The van der Waals surface area contributed by atoms with Gasteiger partial charge in [0.2, 0.25) is 0 Å². The van der Waals surface area contributed by atoms with E-state index >= 15 is 0 Å². The van der Waals surface area contributed by atoms with Crippen molar-refractivity contribution in [2.24, 2.45) is 0 Å². The van der Waals surface area contributed by atoms with Gasteiger partial charge in [-0.1, -0.05) is 39.0 Å². The monoisotopic (exact) mass is 279 g/mol. The summed E-state index contributed by atoms with van der Waals surface area (Å²) in [6.07, 6.45) is 0. The summed E-state index contributed by atoms with van der Waals surface area (Å²) in [5.74, 6) is -0.0422. The molecule has 0 fully saturated rings. The molecule has 1 aromatic carbocycles. The summed E-state index contributed by atoms with van der Waals surface area (Å²) < 4.78 is 6.00. The molecular weight excluding hydrogens is 254 g/mol. The van der Waals surface area contributed by atoms with Gasteiger partial charge in [0, 0.05) is 12.1 Å². The van der Waals surface area contributed by atoms with Crippen LogP contribution < -0.4 is 5.32 Å². The molecule has 106 valence electrons. The number of rotatable bonds is 5. The normalized spacial score (nSPS) is 12.3. The average molecular weight is 279 g/mol. The molecule has 0 unspecified atom stereocenters. The molecule has 4 heteroatoms. The summed E-state index contributed by atoms with van der Waals surface area (Å²) in [5, 5.41) is 3.09. The van der Waals surface area contributed by atoms with E-state index in [2.05, 4.69) is 39.2 Å². The highest BCUT2D eigenvalue weighted by Crippen LogP contribution is 2.36. The molecule has 0 aliphatic carbocycles. The van der Waals surface area contributed by atoms with Gasteiger partial charge in [0.05, 0.1) is 6.61 Å². The second-order valence-electron chi connectivity index (χ2n) is 6.23. The smallest absolute Gasteiger partial charge is 0.251 e. The van der Waals surface area contributed by atoms with E-state index < -0.39 is 8.32 Å². The molecule has 0 saturated carbocycles. The molecule has 0 aromatic heterocycles. The molecule has 0 aliphatic rings. The lowest BCUT2D eigenvalue weighted by atomic mass is 10.2. The Labute approximate surface area is 117 Å². The first-order chi connectivity index (χ1) is 8.74. The van der Waals surface area contributed by atoms with Gasteiger partial charge in [-0.3, -0.25) is 4.79 Å². The molecule has 1 rings (SSSR count). The third kappa shape index (κ3) is 4.80. The molecule has 0 saturated heterocycles. The highest BCUT2D eigenvalue weighted by atomic mass is 28.4. The van der Waals surface area contributed by atoms with Crippen LogP contribution in [0.25, 0.3) is 0 Å². The van der Waals surface area contributed by atoms with Gasteiger partial charge in [-0.05, 0) is 30.3 Å². The molecule has 0 radical (unpaired) electrons. The lowest BCUT2D eigenvalue weighted by Gasteiger charge is -2.36. The Bertz CT molecular complexity index is 410. The van der Waals surface area contributed by atoms with E-state index in [1.165, 1.54) is 0 Å². The SMILES string of the molecule is CC(C)(C)[Si](C)(C)OCCNC(=O)c1ccccc1. The van der Waals surface area contributed by atoms with Crippen molar-refractivity contribution in [2.45, 2.75) is 38.9 Å². The predicted octanol–water partition coefficient (Wildman–Crippen LogP) is 3.44. The van der Waals surface area contributed by atoms with E-state index in [1.54, 1.807) is 0 Å². The summed E-state index contributed by atoms with van der Waals surface area (Å²) in [7, 11) is -1.71. The Kier molecular flexibility index (Phi) is 5.32. The Balaban J connectivity index is 2.34. The number of hydrogen-bond donors (Lipinski definition) is 1. The number of carbonyl (C=O) groups is 1. The van der Waals surface area contributed by atoms with Crippen molar-refractivity contribution in [1.82, 2.24) is 5.32 Å². The van der Waals surface area contributed by atoms with E-state index in [9.17, 15) is 4.79 Å². The number of hydrogen-bond acceptors (Lipinski definition) is 2. The minimum atomic E-state index is -1.71. The lowest BCUT2D eigenvalue weighted by molar-refractivity contribution is 0.0945. The highest BCUT2D eigenvalue weighted by Gasteiger charge is 2.36. The van der Waals surface area contributed by atoms with E-state index in [-0.39, 0.29) is 10.9 Å². The zero-order valence-corrected chi connectivity index (χ0v) is 13.6. The van der Waals surface area contributed by atoms with Gasteiger partial charge in [0.15, 0.2) is 8.32 Å². The quantitative estimate of drug-likeness (QED) is 0.662. The van der Waals surface area contributed by atoms with Gasteiger partial charge in [-0.2, -0.15) is 0 Å². The van der Waals surface area contributed by atoms with Crippen molar-refractivity contribution < 1.29 is 9.22 Å². The number of carbonyl (C=O) groups excluding carboxylic acids is 1. The first-order valence-electron chi connectivity index (χ1n) is 6.71. The van der Waals surface area contributed by atoms with Crippen LogP contribution in [0.5, 0.6) is 0 Å². The van der Waals surface area contributed by atoms with E-state index in [4.69, 9.17) is 4.43 Å². The van der Waals surface area contributed by atoms with Gasteiger partial charge >= 0.3 is 0 Å². The first-order valence-corrected chi connectivity index (χ1v) is 9.62. The van der Waals surface area contributed by atoms with Crippen molar-refractivity contribution in [3.05, 3.63) is 35.9 Å². The van der Waals surface area contributed by atoms with Gasteiger partial charge in [-0.15, -0.1) is 0 Å². The van der Waals surface area contributed by atoms with Crippen molar-refractivity contribution in [2.75, 3.05) is 13.2 Å². The van der Waals surface area contributed by atoms with Gasteiger partial charge in [0.1, 0.15) is 0 Å². The maximum absolute atomic E-state index is 11.8. The van der Waals surface area contributed by atoms with E-state index in [0.29, 0.717) is 18.7 Å². The second kappa shape index (κ2) is 6.35. The number of benzene rings is 1. The van der Waals surface area contributed by atoms with Gasteiger partial charge in [-0.25, -0.2) is 0 Å². The van der Waals surface area contributed by atoms with Gasteiger partial charge < -0.3 is 9.74 Å². The lowest BCUT2D eigenvalue weighted by Crippen LogP contribution is -2.42. The van der Waals surface area contributed by atoms with Crippen molar-refractivity contribution >= 4 is 14.2 Å². The van der Waals surface area contributed by atoms with Crippen LogP contribution >= 0.6 is 0 Å². The highest BCUT2D eigenvalue weighted by molar-refractivity contribution is 6.74. The third-order valence-electron chi connectivity index (χ3n) is 3.69. The molecule has 0 heterocycles. The molecule has 0 aliphatic heterocycles. The largest absolute Gasteiger partial charge is 0.415 e. The van der Waals surface area contributed by atoms with Crippen LogP contribution in [0.4, 0.5) is 0 Å². The second-order valence-corrected chi connectivity index (χ2v) is 11.0.